The number of ether oxygens (including phenoxy) is 2. The molecule has 1 unspecified atom stereocenters. The van der Waals surface area contributed by atoms with Crippen LogP contribution < -0.4 is 15.2 Å². The van der Waals surface area contributed by atoms with Crippen molar-refractivity contribution in [2.45, 2.75) is 39.5 Å². The van der Waals surface area contributed by atoms with Gasteiger partial charge in [0.05, 0.1) is 6.61 Å². The van der Waals surface area contributed by atoms with Gasteiger partial charge in [-0.05, 0) is 31.5 Å². The number of nitrogens with two attached hydrogens (primary N) is 1. The lowest BCUT2D eigenvalue weighted by molar-refractivity contribution is -0.130. The molecule has 0 aliphatic heterocycles. The lowest BCUT2D eigenvalue weighted by Crippen LogP contribution is -2.31. The van der Waals surface area contributed by atoms with Crippen LogP contribution in [0, 0.1) is 0 Å². The standard InChI is InChI=1S/C15H22F2N2O3/c1-4-21-13-8-11(5-6-12(13)22-15(16)17)9-19(3)14(20)7-10(2)18/h5-6,8,10,15H,4,7,9,18H2,1-3H3. The van der Waals surface area contributed by atoms with Gasteiger partial charge >= 0.3 is 6.61 Å². The number of nitrogens with zero attached hydrogens (tertiary/aromatic N) is 1. The van der Waals surface area contributed by atoms with Crippen molar-refractivity contribution in [2.24, 2.45) is 5.73 Å². The quantitative estimate of drug-likeness (QED) is 0.800. The molecule has 0 aliphatic carbocycles. The molecule has 5 nitrogen and oxygen atoms in total. The monoisotopic (exact) mass is 316 g/mol. The van der Waals surface area contributed by atoms with E-state index in [1.165, 1.54) is 11.0 Å². The van der Waals surface area contributed by atoms with Gasteiger partial charge in [-0.3, -0.25) is 4.79 Å². The zero-order valence-corrected chi connectivity index (χ0v) is 13.0. The smallest absolute Gasteiger partial charge is 0.387 e. The maximum absolute atomic E-state index is 12.3. The van der Waals surface area contributed by atoms with E-state index < -0.39 is 6.61 Å². The number of benzene rings is 1. The van der Waals surface area contributed by atoms with E-state index in [2.05, 4.69) is 4.74 Å². The maximum Gasteiger partial charge on any atom is 0.387 e. The summed E-state index contributed by atoms with van der Waals surface area (Å²) in [6.45, 7) is 1.25. The number of carbonyl (C=O) groups is 1. The fourth-order valence-corrected chi connectivity index (χ4v) is 1.91. The highest BCUT2D eigenvalue weighted by Crippen LogP contribution is 2.30. The molecule has 1 aromatic rings. The topological polar surface area (TPSA) is 64.8 Å². The van der Waals surface area contributed by atoms with Crippen LogP contribution in [-0.4, -0.2) is 37.1 Å². The van der Waals surface area contributed by atoms with Crippen molar-refractivity contribution in [3.05, 3.63) is 23.8 Å². The fraction of sp³-hybridized carbons (Fsp3) is 0.533. The average molecular weight is 316 g/mol. The van der Waals surface area contributed by atoms with Crippen molar-refractivity contribution >= 4 is 5.91 Å². The summed E-state index contributed by atoms with van der Waals surface area (Å²) in [5.41, 5.74) is 6.35. The van der Waals surface area contributed by atoms with Crippen LogP contribution in [0.4, 0.5) is 8.78 Å². The molecule has 7 heteroatoms. The number of hydrogen-bond donors (Lipinski definition) is 1. The van der Waals surface area contributed by atoms with E-state index in [1.807, 2.05) is 0 Å². The molecule has 1 aromatic carbocycles. The van der Waals surface area contributed by atoms with Crippen LogP contribution in [0.5, 0.6) is 11.5 Å². The van der Waals surface area contributed by atoms with Crippen molar-refractivity contribution in [1.82, 2.24) is 4.90 Å². The molecule has 22 heavy (non-hydrogen) atoms. The molecule has 1 atom stereocenters. The molecule has 0 saturated carbocycles. The third-order valence-corrected chi connectivity index (χ3v) is 2.87. The lowest BCUT2D eigenvalue weighted by Gasteiger charge is -2.19. The molecule has 0 fully saturated rings. The molecule has 0 saturated heterocycles. The van der Waals surface area contributed by atoms with Crippen LogP contribution in [0.3, 0.4) is 0 Å². The summed E-state index contributed by atoms with van der Waals surface area (Å²) in [6, 6.07) is 4.42. The molecule has 0 aliphatic rings. The summed E-state index contributed by atoms with van der Waals surface area (Å²) < 4.78 is 34.4. The number of amides is 1. The molecule has 0 spiro atoms. The van der Waals surface area contributed by atoms with Crippen LogP contribution in [0.2, 0.25) is 0 Å². The molecular formula is C15H22F2N2O3. The second kappa shape index (κ2) is 8.53. The Hall–Kier alpha value is -1.89. The molecule has 1 amide bonds. The van der Waals surface area contributed by atoms with Gasteiger partial charge < -0.3 is 20.1 Å². The summed E-state index contributed by atoms with van der Waals surface area (Å²) in [4.78, 5) is 13.4. The maximum atomic E-state index is 12.3. The van der Waals surface area contributed by atoms with Gasteiger partial charge in [-0.2, -0.15) is 8.78 Å². The van der Waals surface area contributed by atoms with E-state index >= 15 is 0 Å². The molecule has 1 rings (SSSR count). The minimum Gasteiger partial charge on any atom is -0.490 e. The Balaban J connectivity index is 2.83. The van der Waals surface area contributed by atoms with Crippen LogP contribution >= 0.6 is 0 Å². The van der Waals surface area contributed by atoms with E-state index in [0.717, 1.165) is 5.56 Å². The Kier molecular flexibility index (Phi) is 7.04. The van der Waals surface area contributed by atoms with Crippen LogP contribution in [0.25, 0.3) is 0 Å². The minimum absolute atomic E-state index is 0.0230. The molecule has 0 bridgehead atoms. The highest BCUT2D eigenvalue weighted by atomic mass is 19.3. The Morgan fingerprint density at radius 3 is 2.59 bits per heavy atom. The highest BCUT2D eigenvalue weighted by Gasteiger charge is 2.15. The summed E-state index contributed by atoms with van der Waals surface area (Å²) in [6.07, 6.45) is 0.251. The molecular weight excluding hydrogens is 294 g/mol. The van der Waals surface area contributed by atoms with Gasteiger partial charge in [0, 0.05) is 26.1 Å². The van der Waals surface area contributed by atoms with Gasteiger partial charge in [-0.1, -0.05) is 6.07 Å². The van der Waals surface area contributed by atoms with Crippen molar-refractivity contribution in [1.29, 1.82) is 0 Å². The number of carbonyl (C=O) groups excluding carboxylic acids is 1. The summed E-state index contributed by atoms with van der Waals surface area (Å²) >= 11 is 0. The van der Waals surface area contributed by atoms with Crippen molar-refractivity contribution in [3.63, 3.8) is 0 Å². The van der Waals surface area contributed by atoms with Crippen LogP contribution in [0.1, 0.15) is 25.8 Å². The predicted octanol–water partition coefficient (Wildman–Crippen LogP) is 2.38. The first-order valence-electron chi connectivity index (χ1n) is 7.03. The molecule has 0 radical (unpaired) electrons. The first kappa shape index (κ1) is 18.2. The van der Waals surface area contributed by atoms with E-state index in [1.54, 1.807) is 33.0 Å². The highest BCUT2D eigenvalue weighted by molar-refractivity contribution is 5.76. The number of halogens is 2. The van der Waals surface area contributed by atoms with E-state index in [-0.39, 0.29) is 29.9 Å². The van der Waals surface area contributed by atoms with Crippen molar-refractivity contribution in [3.8, 4) is 11.5 Å². The number of rotatable bonds is 8. The fourth-order valence-electron chi connectivity index (χ4n) is 1.91. The Morgan fingerprint density at radius 1 is 1.36 bits per heavy atom. The summed E-state index contributed by atoms with van der Waals surface area (Å²) in [5, 5.41) is 0. The molecule has 0 heterocycles. The van der Waals surface area contributed by atoms with Gasteiger partial charge in [-0.25, -0.2) is 0 Å². The third kappa shape index (κ3) is 5.85. The summed E-state index contributed by atoms with van der Waals surface area (Å²) in [7, 11) is 1.66. The van der Waals surface area contributed by atoms with Gasteiger partial charge in [-0.15, -0.1) is 0 Å². The summed E-state index contributed by atoms with van der Waals surface area (Å²) in [5.74, 6) is 0.124. The first-order valence-corrected chi connectivity index (χ1v) is 7.03. The van der Waals surface area contributed by atoms with Crippen molar-refractivity contribution < 1.29 is 23.0 Å². The average Bonchev–Trinajstić information content (AvgIpc) is 2.40. The van der Waals surface area contributed by atoms with Gasteiger partial charge in [0.25, 0.3) is 0 Å². The van der Waals surface area contributed by atoms with E-state index in [0.29, 0.717) is 13.2 Å². The second-order valence-electron chi connectivity index (χ2n) is 5.02. The molecule has 0 aromatic heterocycles. The van der Waals surface area contributed by atoms with E-state index in [9.17, 15) is 13.6 Å². The number of hydrogen-bond acceptors (Lipinski definition) is 4. The molecule has 2 N–H and O–H groups in total. The predicted molar refractivity (Wildman–Crippen MR) is 79.0 cm³/mol. The van der Waals surface area contributed by atoms with Crippen LogP contribution in [0.15, 0.2) is 18.2 Å². The van der Waals surface area contributed by atoms with Crippen LogP contribution in [-0.2, 0) is 11.3 Å². The minimum atomic E-state index is -2.92. The lowest BCUT2D eigenvalue weighted by atomic mass is 10.1. The van der Waals surface area contributed by atoms with Gasteiger partial charge in [0.2, 0.25) is 5.91 Å². The van der Waals surface area contributed by atoms with E-state index in [4.69, 9.17) is 10.5 Å². The zero-order valence-electron chi connectivity index (χ0n) is 13.0. The van der Waals surface area contributed by atoms with Gasteiger partial charge in [0.15, 0.2) is 11.5 Å². The van der Waals surface area contributed by atoms with Crippen molar-refractivity contribution in [2.75, 3.05) is 13.7 Å². The first-order chi connectivity index (χ1) is 10.3. The SMILES string of the molecule is CCOc1cc(CN(C)C(=O)CC(C)N)ccc1OC(F)F. The van der Waals surface area contributed by atoms with Gasteiger partial charge in [0.1, 0.15) is 0 Å². The molecule has 124 valence electrons. The third-order valence-electron chi connectivity index (χ3n) is 2.87. The number of alkyl halides is 2. The zero-order chi connectivity index (χ0) is 16.7. The normalized spacial score (nSPS) is 12.1. The largest absolute Gasteiger partial charge is 0.490 e. The Bertz CT molecular complexity index is 496. The Morgan fingerprint density at radius 2 is 2.05 bits per heavy atom. The second-order valence-corrected chi connectivity index (χ2v) is 5.02. The Labute approximate surface area is 129 Å².